The van der Waals surface area contributed by atoms with Gasteiger partial charge in [0.05, 0.1) is 14.2 Å². The van der Waals surface area contributed by atoms with E-state index in [1.165, 1.54) is 19.2 Å². The van der Waals surface area contributed by atoms with Gasteiger partial charge in [0, 0.05) is 12.6 Å². The van der Waals surface area contributed by atoms with Gasteiger partial charge in [-0.15, -0.1) is 0 Å². The van der Waals surface area contributed by atoms with E-state index in [1.807, 2.05) is 31.2 Å². The van der Waals surface area contributed by atoms with E-state index in [0.29, 0.717) is 31.1 Å². The molecule has 0 saturated heterocycles. The highest BCUT2D eigenvalue weighted by atomic mass is 32.2. The SMILES string of the molecule is COc1ccccc1OCCNC(C)Cc1ccc(OC)c(S(=O)(=O)O)c1. The lowest BCUT2D eigenvalue weighted by molar-refractivity contribution is 0.287. The quantitative estimate of drug-likeness (QED) is 0.472. The van der Waals surface area contributed by atoms with Crippen LogP contribution in [0.25, 0.3) is 0 Å². The Balaban J connectivity index is 1.88. The molecule has 0 aliphatic heterocycles. The van der Waals surface area contributed by atoms with E-state index in [0.717, 1.165) is 5.56 Å². The summed E-state index contributed by atoms with van der Waals surface area (Å²) in [6.45, 7) is 3.06. The lowest BCUT2D eigenvalue weighted by Crippen LogP contribution is -2.31. The number of ether oxygens (including phenoxy) is 3. The number of benzene rings is 2. The van der Waals surface area contributed by atoms with Crippen LogP contribution in [0.1, 0.15) is 12.5 Å². The third-order valence-corrected chi connectivity index (χ3v) is 4.84. The van der Waals surface area contributed by atoms with Crippen LogP contribution in [-0.2, 0) is 16.5 Å². The molecule has 2 aromatic rings. The summed E-state index contributed by atoms with van der Waals surface area (Å²) in [7, 11) is -1.39. The monoisotopic (exact) mass is 395 g/mol. The number of para-hydroxylation sites is 2. The van der Waals surface area contributed by atoms with Crippen molar-refractivity contribution in [1.29, 1.82) is 0 Å². The van der Waals surface area contributed by atoms with Crippen LogP contribution in [0.4, 0.5) is 0 Å². The zero-order chi connectivity index (χ0) is 19.9. The summed E-state index contributed by atoms with van der Waals surface area (Å²) in [5, 5.41) is 3.32. The molecule has 0 saturated carbocycles. The van der Waals surface area contributed by atoms with Gasteiger partial charge in [-0.25, -0.2) is 0 Å². The van der Waals surface area contributed by atoms with Crippen LogP contribution in [0, 0.1) is 0 Å². The molecule has 1 atom stereocenters. The molecule has 0 amide bonds. The van der Waals surface area contributed by atoms with Crippen LogP contribution in [0.5, 0.6) is 17.2 Å². The Kier molecular flexibility index (Phi) is 7.46. The van der Waals surface area contributed by atoms with Gasteiger partial charge in [-0.05, 0) is 43.2 Å². The smallest absolute Gasteiger partial charge is 0.298 e. The predicted molar refractivity (Wildman–Crippen MR) is 102 cm³/mol. The minimum Gasteiger partial charge on any atom is -0.495 e. The van der Waals surface area contributed by atoms with Gasteiger partial charge < -0.3 is 19.5 Å². The molecule has 0 radical (unpaired) electrons. The third kappa shape index (κ3) is 6.13. The van der Waals surface area contributed by atoms with Gasteiger partial charge in [0.25, 0.3) is 10.1 Å². The molecule has 0 bridgehead atoms. The van der Waals surface area contributed by atoms with E-state index in [4.69, 9.17) is 14.2 Å². The maximum absolute atomic E-state index is 11.5. The van der Waals surface area contributed by atoms with Crippen molar-refractivity contribution in [3.63, 3.8) is 0 Å². The van der Waals surface area contributed by atoms with Gasteiger partial charge in [0.15, 0.2) is 11.5 Å². The summed E-state index contributed by atoms with van der Waals surface area (Å²) in [6.07, 6.45) is 0.584. The molecule has 0 aliphatic carbocycles. The Morgan fingerprint density at radius 2 is 1.70 bits per heavy atom. The minimum absolute atomic E-state index is 0.0777. The first-order valence-electron chi connectivity index (χ1n) is 8.48. The second-order valence-corrected chi connectivity index (χ2v) is 7.41. The molecule has 0 heterocycles. The first kappa shape index (κ1) is 21.0. The Bertz CT molecular complexity index is 853. The van der Waals surface area contributed by atoms with Gasteiger partial charge >= 0.3 is 0 Å². The maximum atomic E-state index is 11.5. The first-order valence-corrected chi connectivity index (χ1v) is 9.92. The average molecular weight is 395 g/mol. The summed E-state index contributed by atoms with van der Waals surface area (Å²) >= 11 is 0. The second-order valence-electron chi connectivity index (χ2n) is 6.02. The van der Waals surface area contributed by atoms with Crippen LogP contribution < -0.4 is 19.5 Å². The number of hydrogen-bond acceptors (Lipinski definition) is 6. The predicted octanol–water partition coefficient (Wildman–Crippen LogP) is 2.55. The largest absolute Gasteiger partial charge is 0.495 e. The zero-order valence-corrected chi connectivity index (χ0v) is 16.5. The fraction of sp³-hybridized carbons (Fsp3) is 0.368. The van der Waals surface area contributed by atoms with Gasteiger partial charge in [-0.2, -0.15) is 8.42 Å². The molecule has 2 aromatic carbocycles. The van der Waals surface area contributed by atoms with Crippen LogP contribution in [0.3, 0.4) is 0 Å². The van der Waals surface area contributed by atoms with Gasteiger partial charge in [0.1, 0.15) is 17.3 Å². The third-order valence-electron chi connectivity index (χ3n) is 3.97. The van der Waals surface area contributed by atoms with Crippen LogP contribution in [-0.4, -0.2) is 46.4 Å². The molecular formula is C19H25NO6S. The van der Waals surface area contributed by atoms with Crippen LogP contribution >= 0.6 is 0 Å². The molecule has 2 N–H and O–H groups in total. The summed E-state index contributed by atoms with van der Waals surface area (Å²) in [4.78, 5) is -0.228. The Morgan fingerprint density at radius 1 is 1.04 bits per heavy atom. The highest BCUT2D eigenvalue weighted by Crippen LogP contribution is 2.26. The van der Waals surface area contributed by atoms with Crippen molar-refractivity contribution in [2.75, 3.05) is 27.4 Å². The molecule has 0 aromatic heterocycles. The number of rotatable bonds is 10. The second kappa shape index (κ2) is 9.59. The van der Waals surface area contributed by atoms with E-state index in [9.17, 15) is 13.0 Å². The Hall–Kier alpha value is -2.29. The van der Waals surface area contributed by atoms with Crippen LogP contribution in [0.15, 0.2) is 47.4 Å². The topological polar surface area (TPSA) is 94.1 Å². The maximum Gasteiger partial charge on any atom is 0.298 e. The summed E-state index contributed by atoms with van der Waals surface area (Å²) in [5.74, 6) is 1.48. The average Bonchev–Trinajstić information content (AvgIpc) is 2.64. The molecule has 0 fully saturated rings. The van der Waals surface area contributed by atoms with E-state index >= 15 is 0 Å². The van der Waals surface area contributed by atoms with E-state index in [1.54, 1.807) is 13.2 Å². The van der Waals surface area contributed by atoms with E-state index in [2.05, 4.69) is 5.32 Å². The van der Waals surface area contributed by atoms with Crippen molar-refractivity contribution in [1.82, 2.24) is 5.32 Å². The summed E-state index contributed by atoms with van der Waals surface area (Å²) < 4.78 is 48.2. The minimum atomic E-state index is -4.34. The highest BCUT2D eigenvalue weighted by Gasteiger charge is 2.17. The van der Waals surface area contributed by atoms with E-state index in [-0.39, 0.29) is 16.7 Å². The fourth-order valence-corrected chi connectivity index (χ4v) is 3.39. The number of methoxy groups -OCH3 is 2. The van der Waals surface area contributed by atoms with Gasteiger partial charge in [0.2, 0.25) is 0 Å². The molecule has 7 nitrogen and oxygen atoms in total. The molecule has 0 spiro atoms. The molecular weight excluding hydrogens is 370 g/mol. The van der Waals surface area contributed by atoms with Crippen molar-refractivity contribution in [3.8, 4) is 17.2 Å². The van der Waals surface area contributed by atoms with Crippen molar-refractivity contribution in [3.05, 3.63) is 48.0 Å². The number of nitrogens with one attached hydrogen (secondary N) is 1. The van der Waals surface area contributed by atoms with Crippen molar-refractivity contribution >= 4 is 10.1 Å². The van der Waals surface area contributed by atoms with E-state index < -0.39 is 10.1 Å². The van der Waals surface area contributed by atoms with Crippen molar-refractivity contribution in [2.45, 2.75) is 24.3 Å². The Morgan fingerprint density at radius 3 is 2.33 bits per heavy atom. The molecule has 27 heavy (non-hydrogen) atoms. The van der Waals surface area contributed by atoms with Gasteiger partial charge in [-0.1, -0.05) is 18.2 Å². The van der Waals surface area contributed by atoms with Crippen molar-refractivity contribution in [2.24, 2.45) is 0 Å². The van der Waals surface area contributed by atoms with Gasteiger partial charge in [-0.3, -0.25) is 4.55 Å². The first-order chi connectivity index (χ1) is 12.8. The Labute approximate surface area is 160 Å². The molecule has 8 heteroatoms. The number of hydrogen-bond donors (Lipinski definition) is 2. The zero-order valence-electron chi connectivity index (χ0n) is 15.6. The highest BCUT2D eigenvalue weighted by molar-refractivity contribution is 7.86. The molecule has 1 unspecified atom stereocenters. The standard InChI is InChI=1S/C19H25NO6S/c1-14(20-10-11-26-17-7-5-4-6-16(17)24-2)12-15-8-9-18(25-3)19(13-15)27(21,22)23/h4-9,13-14,20H,10-12H2,1-3H3,(H,21,22,23). The molecule has 148 valence electrons. The fourth-order valence-electron chi connectivity index (χ4n) is 2.68. The molecule has 0 aliphatic rings. The lowest BCUT2D eigenvalue weighted by atomic mass is 10.1. The summed E-state index contributed by atoms with van der Waals surface area (Å²) in [5.41, 5.74) is 0.772. The lowest BCUT2D eigenvalue weighted by Gasteiger charge is -2.16. The van der Waals surface area contributed by atoms with Crippen LogP contribution in [0.2, 0.25) is 0 Å². The summed E-state index contributed by atoms with van der Waals surface area (Å²) in [6, 6.07) is 12.3. The normalized spacial score (nSPS) is 12.4. The van der Waals surface area contributed by atoms with Crippen molar-refractivity contribution < 1.29 is 27.2 Å². The molecule has 2 rings (SSSR count).